The molecule has 1 aliphatic rings. The monoisotopic (exact) mass is 195 g/mol. The minimum absolute atomic E-state index is 0.175. The van der Waals surface area contributed by atoms with Crippen LogP contribution in [0.4, 0.5) is 0 Å². The molecule has 0 amide bonds. The fourth-order valence-electron chi connectivity index (χ4n) is 1.53. The SMILES string of the molecule is CCOC(=O)C1(N(C)C)C=CC=CC1. The number of hydrogen-bond donors (Lipinski definition) is 0. The van der Waals surface area contributed by atoms with Crippen molar-refractivity contribution < 1.29 is 9.53 Å². The van der Waals surface area contributed by atoms with E-state index in [1.54, 1.807) is 0 Å². The van der Waals surface area contributed by atoms with Gasteiger partial charge in [-0.25, -0.2) is 4.79 Å². The fraction of sp³-hybridized carbons (Fsp3) is 0.545. The van der Waals surface area contributed by atoms with E-state index in [9.17, 15) is 4.79 Å². The average Bonchev–Trinajstić information content (AvgIpc) is 2.19. The van der Waals surface area contributed by atoms with Crippen molar-refractivity contribution in [2.45, 2.75) is 18.9 Å². The van der Waals surface area contributed by atoms with Crippen molar-refractivity contribution in [2.75, 3.05) is 20.7 Å². The molecule has 1 unspecified atom stereocenters. The number of esters is 1. The van der Waals surface area contributed by atoms with Crippen molar-refractivity contribution in [3.8, 4) is 0 Å². The molecule has 0 aromatic heterocycles. The van der Waals surface area contributed by atoms with E-state index >= 15 is 0 Å². The third-order valence-corrected chi connectivity index (χ3v) is 2.48. The summed E-state index contributed by atoms with van der Waals surface area (Å²) in [5.41, 5.74) is -0.606. The molecule has 0 aromatic carbocycles. The zero-order valence-electron chi connectivity index (χ0n) is 8.99. The highest BCUT2D eigenvalue weighted by Gasteiger charge is 2.39. The molecule has 14 heavy (non-hydrogen) atoms. The number of ether oxygens (including phenoxy) is 1. The number of carbonyl (C=O) groups excluding carboxylic acids is 1. The van der Waals surface area contributed by atoms with Gasteiger partial charge in [-0.15, -0.1) is 0 Å². The molecule has 0 spiro atoms. The van der Waals surface area contributed by atoms with Gasteiger partial charge in [-0.05, 0) is 27.4 Å². The van der Waals surface area contributed by atoms with E-state index in [4.69, 9.17) is 4.74 Å². The van der Waals surface area contributed by atoms with Gasteiger partial charge in [0.05, 0.1) is 6.61 Å². The van der Waals surface area contributed by atoms with Crippen LogP contribution in [-0.4, -0.2) is 37.1 Å². The van der Waals surface area contributed by atoms with Crippen LogP contribution in [0.3, 0.4) is 0 Å². The maximum Gasteiger partial charge on any atom is 0.330 e. The van der Waals surface area contributed by atoms with Crippen molar-refractivity contribution in [1.82, 2.24) is 4.90 Å². The van der Waals surface area contributed by atoms with E-state index in [0.29, 0.717) is 13.0 Å². The first kappa shape index (κ1) is 11.0. The molecule has 0 fully saturated rings. The van der Waals surface area contributed by atoms with Crippen LogP contribution in [0.25, 0.3) is 0 Å². The Bertz CT molecular complexity index is 268. The number of rotatable bonds is 3. The van der Waals surface area contributed by atoms with Gasteiger partial charge in [0, 0.05) is 0 Å². The molecular formula is C11H17NO2. The number of carbonyl (C=O) groups is 1. The summed E-state index contributed by atoms with van der Waals surface area (Å²) in [6.45, 7) is 2.25. The number of allylic oxidation sites excluding steroid dienone is 2. The Kier molecular flexibility index (Phi) is 3.47. The van der Waals surface area contributed by atoms with Crippen LogP contribution in [0.2, 0.25) is 0 Å². The third-order valence-electron chi connectivity index (χ3n) is 2.48. The van der Waals surface area contributed by atoms with Crippen molar-refractivity contribution in [3.63, 3.8) is 0 Å². The van der Waals surface area contributed by atoms with Crippen molar-refractivity contribution in [2.24, 2.45) is 0 Å². The first-order chi connectivity index (χ1) is 6.63. The summed E-state index contributed by atoms with van der Waals surface area (Å²) >= 11 is 0. The molecule has 0 bridgehead atoms. The molecule has 78 valence electrons. The van der Waals surface area contributed by atoms with E-state index in [0.717, 1.165) is 0 Å². The molecule has 1 atom stereocenters. The molecule has 0 saturated carbocycles. The molecule has 3 nitrogen and oxygen atoms in total. The first-order valence-corrected chi connectivity index (χ1v) is 4.82. The third kappa shape index (κ3) is 1.87. The van der Waals surface area contributed by atoms with Crippen molar-refractivity contribution in [3.05, 3.63) is 24.3 Å². The Morgan fingerprint density at radius 2 is 2.21 bits per heavy atom. The van der Waals surface area contributed by atoms with Gasteiger partial charge in [-0.2, -0.15) is 0 Å². The lowest BCUT2D eigenvalue weighted by Gasteiger charge is -2.35. The van der Waals surface area contributed by atoms with Crippen molar-refractivity contribution in [1.29, 1.82) is 0 Å². The predicted molar refractivity (Wildman–Crippen MR) is 55.9 cm³/mol. The maximum absolute atomic E-state index is 11.8. The standard InChI is InChI=1S/C11H17NO2/c1-4-14-10(13)11(12(2)3)8-6-5-7-9-11/h5-8H,4,9H2,1-3H3. The topological polar surface area (TPSA) is 29.5 Å². The van der Waals surface area contributed by atoms with Gasteiger partial charge >= 0.3 is 5.97 Å². The highest BCUT2D eigenvalue weighted by atomic mass is 16.5. The predicted octanol–water partition coefficient (Wildman–Crippen LogP) is 1.37. The van der Waals surface area contributed by atoms with Crippen LogP contribution in [0.5, 0.6) is 0 Å². The molecule has 0 radical (unpaired) electrons. The second-order valence-corrected chi connectivity index (χ2v) is 3.53. The molecule has 0 saturated heterocycles. The average molecular weight is 195 g/mol. The quantitative estimate of drug-likeness (QED) is 0.637. The number of likely N-dealkylation sites (N-methyl/N-ethyl adjacent to an activating group) is 1. The number of hydrogen-bond acceptors (Lipinski definition) is 3. The maximum atomic E-state index is 11.8. The second-order valence-electron chi connectivity index (χ2n) is 3.53. The molecule has 0 aromatic rings. The zero-order valence-corrected chi connectivity index (χ0v) is 8.99. The highest BCUT2D eigenvalue weighted by Crippen LogP contribution is 2.24. The molecular weight excluding hydrogens is 178 g/mol. The summed E-state index contributed by atoms with van der Waals surface area (Å²) in [6.07, 6.45) is 8.39. The lowest BCUT2D eigenvalue weighted by atomic mass is 9.90. The van der Waals surface area contributed by atoms with E-state index in [-0.39, 0.29) is 5.97 Å². The van der Waals surface area contributed by atoms with Gasteiger partial charge in [0.25, 0.3) is 0 Å². The Morgan fingerprint density at radius 1 is 1.50 bits per heavy atom. The summed E-state index contributed by atoms with van der Waals surface area (Å²) < 4.78 is 5.08. The van der Waals surface area contributed by atoms with Crippen LogP contribution >= 0.6 is 0 Å². The molecule has 0 aliphatic heterocycles. The minimum Gasteiger partial charge on any atom is -0.464 e. The smallest absolute Gasteiger partial charge is 0.330 e. The van der Waals surface area contributed by atoms with Gasteiger partial charge in [0.1, 0.15) is 5.54 Å². The zero-order chi connectivity index (χ0) is 10.6. The van der Waals surface area contributed by atoms with Crippen LogP contribution in [0.15, 0.2) is 24.3 Å². The van der Waals surface area contributed by atoms with Crippen LogP contribution in [0.1, 0.15) is 13.3 Å². The van der Waals surface area contributed by atoms with Gasteiger partial charge in [0.15, 0.2) is 0 Å². The van der Waals surface area contributed by atoms with E-state index in [1.807, 2.05) is 50.2 Å². The largest absolute Gasteiger partial charge is 0.464 e. The molecule has 0 heterocycles. The van der Waals surface area contributed by atoms with Gasteiger partial charge in [0.2, 0.25) is 0 Å². The minimum atomic E-state index is -0.606. The molecule has 0 N–H and O–H groups in total. The lowest BCUT2D eigenvalue weighted by Crippen LogP contribution is -2.50. The fourth-order valence-corrected chi connectivity index (χ4v) is 1.53. The molecule has 1 rings (SSSR count). The summed E-state index contributed by atoms with van der Waals surface area (Å²) in [5, 5.41) is 0. The molecule has 3 heteroatoms. The van der Waals surface area contributed by atoms with Crippen LogP contribution in [0, 0.1) is 0 Å². The molecule has 1 aliphatic carbocycles. The normalized spacial score (nSPS) is 25.4. The van der Waals surface area contributed by atoms with Gasteiger partial charge in [-0.3, -0.25) is 4.90 Å². The van der Waals surface area contributed by atoms with E-state index in [2.05, 4.69) is 0 Å². The highest BCUT2D eigenvalue weighted by molar-refractivity contribution is 5.84. The van der Waals surface area contributed by atoms with Crippen molar-refractivity contribution >= 4 is 5.97 Å². The van der Waals surface area contributed by atoms with Crippen LogP contribution < -0.4 is 0 Å². The van der Waals surface area contributed by atoms with Crippen LogP contribution in [-0.2, 0) is 9.53 Å². The first-order valence-electron chi connectivity index (χ1n) is 4.82. The summed E-state index contributed by atoms with van der Waals surface area (Å²) in [4.78, 5) is 13.7. The van der Waals surface area contributed by atoms with Gasteiger partial charge < -0.3 is 4.74 Å². The Labute approximate surface area is 85.0 Å². The Morgan fingerprint density at radius 3 is 2.64 bits per heavy atom. The summed E-state index contributed by atoms with van der Waals surface area (Å²) in [5.74, 6) is -0.175. The Balaban J connectivity index is 2.88. The number of nitrogens with zero attached hydrogens (tertiary/aromatic N) is 1. The Hall–Kier alpha value is -1.09. The van der Waals surface area contributed by atoms with E-state index < -0.39 is 5.54 Å². The summed E-state index contributed by atoms with van der Waals surface area (Å²) in [6, 6.07) is 0. The van der Waals surface area contributed by atoms with Gasteiger partial charge in [-0.1, -0.05) is 24.3 Å². The second kappa shape index (κ2) is 4.42. The van der Waals surface area contributed by atoms with E-state index in [1.165, 1.54) is 0 Å². The lowest BCUT2D eigenvalue weighted by molar-refractivity contribution is -0.153. The summed E-state index contributed by atoms with van der Waals surface area (Å²) in [7, 11) is 3.78.